The number of carbonyl (C=O) groups excluding carboxylic acids is 2. The van der Waals surface area contributed by atoms with Gasteiger partial charge in [-0.25, -0.2) is 4.79 Å². The summed E-state index contributed by atoms with van der Waals surface area (Å²) in [5, 5.41) is 3.53. The standard InChI is InChI=1S/C28H35N3O3S/c1-2-34-28(33)31-16-14-21(15-17-31)29-27(32)20-12-13-25-23(18-20)30-26(19-8-4-3-5-9-19)22-10-6-7-11-24(22)35-25/h6-7,10-13,18-19,21-22,24H,2-5,8-9,14-17H2,1H3,(H,29,32). The van der Waals surface area contributed by atoms with Gasteiger partial charge in [-0.3, -0.25) is 9.79 Å². The van der Waals surface area contributed by atoms with Crippen molar-refractivity contribution in [3.05, 3.63) is 48.1 Å². The number of nitrogens with one attached hydrogen (secondary N) is 1. The first kappa shape index (κ1) is 24.2. The average molecular weight is 494 g/mol. The van der Waals surface area contributed by atoms with Crippen LogP contribution in [0.4, 0.5) is 10.5 Å². The van der Waals surface area contributed by atoms with E-state index in [0.717, 1.165) is 23.4 Å². The fourth-order valence-corrected chi connectivity index (χ4v) is 6.83. The zero-order valence-corrected chi connectivity index (χ0v) is 21.3. The molecule has 0 aromatic heterocycles. The Balaban J connectivity index is 1.32. The van der Waals surface area contributed by atoms with Crippen molar-refractivity contribution in [1.82, 2.24) is 10.2 Å². The van der Waals surface area contributed by atoms with E-state index in [4.69, 9.17) is 9.73 Å². The maximum atomic E-state index is 13.1. The summed E-state index contributed by atoms with van der Waals surface area (Å²) in [6, 6.07) is 6.02. The largest absolute Gasteiger partial charge is 0.450 e. The zero-order valence-electron chi connectivity index (χ0n) is 20.4. The summed E-state index contributed by atoms with van der Waals surface area (Å²) in [5.41, 5.74) is 2.88. The van der Waals surface area contributed by atoms with Crippen molar-refractivity contribution in [3.63, 3.8) is 0 Å². The first-order valence-electron chi connectivity index (χ1n) is 13.1. The van der Waals surface area contributed by atoms with Gasteiger partial charge in [-0.05, 0) is 56.7 Å². The van der Waals surface area contributed by atoms with Gasteiger partial charge in [0.2, 0.25) is 0 Å². The van der Waals surface area contributed by atoms with E-state index in [2.05, 4.69) is 35.7 Å². The third kappa shape index (κ3) is 5.50. The molecular formula is C28H35N3O3S. The predicted octanol–water partition coefficient (Wildman–Crippen LogP) is 5.91. The molecule has 0 spiro atoms. The number of likely N-dealkylation sites (tertiary alicyclic amines) is 1. The van der Waals surface area contributed by atoms with Gasteiger partial charge in [0, 0.05) is 46.5 Å². The van der Waals surface area contributed by atoms with Crippen LogP contribution in [-0.4, -0.2) is 53.6 Å². The molecule has 1 aromatic rings. The number of benzene rings is 1. The molecule has 2 atom stereocenters. The van der Waals surface area contributed by atoms with Gasteiger partial charge in [-0.2, -0.15) is 0 Å². The Morgan fingerprint density at radius 3 is 2.63 bits per heavy atom. The molecular weight excluding hydrogens is 458 g/mol. The molecule has 5 rings (SSSR count). The number of rotatable bonds is 4. The molecule has 1 saturated carbocycles. The third-order valence-corrected chi connectivity index (χ3v) is 8.86. The molecule has 4 aliphatic rings. The lowest BCUT2D eigenvalue weighted by Crippen LogP contribution is -2.46. The Labute approximate surface area is 212 Å². The van der Waals surface area contributed by atoms with Crippen molar-refractivity contribution >= 4 is 35.2 Å². The van der Waals surface area contributed by atoms with Gasteiger partial charge in [-0.1, -0.05) is 43.6 Å². The Morgan fingerprint density at radius 1 is 1.09 bits per heavy atom. The molecule has 7 heteroatoms. The van der Waals surface area contributed by atoms with E-state index in [9.17, 15) is 9.59 Å². The van der Waals surface area contributed by atoms with Gasteiger partial charge in [-0.15, -0.1) is 11.8 Å². The summed E-state index contributed by atoms with van der Waals surface area (Å²) >= 11 is 1.86. The fourth-order valence-electron chi connectivity index (χ4n) is 5.62. The van der Waals surface area contributed by atoms with Crippen molar-refractivity contribution in [2.75, 3.05) is 19.7 Å². The molecule has 2 aliphatic heterocycles. The Bertz CT molecular complexity index is 1040. The van der Waals surface area contributed by atoms with Gasteiger partial charge >= 0.3 is 6.09 Å². The van der Waals surface area contributed by atoms with Crippen LogP contribution >= 0.6 is 11.8 Å². The highest BCUT2D eigenvalue weighted by molar-refractivity contribution is 8.00. The third-order valence-electron chi connectivity index (χ3n) is 7.54. The number of aliphatic imine (C=N–C) groups is 1. The van der Waals surface area contributed by atoms with Crippen molar-refractivity contribution < 1.29 is 14.3 Å². The number of nitrogens with zero attached hydrogens (tertiary/aromatic N) is 2. The van der Waals surface area contributed by atoms with Crippen LogP contribution in [0.15, 0.2) is 52.4 Å². The normalized spacial score (nSPS) is 24.7. The lowest BCUT2D eigenvalue weighted by Gasteiger charge is -2.31. The molecule has 186 valence electrons. The number of hydrogen-bond acceptors (Lipinski definition) is 5. The van der Waals surface area contributed by atoms with E-state index >= 15 is 0 Å². The van der Waals surface area contributed by atoms with Crippen LogP contribution in [0.1, 0.15) is 62.2 Å². The lowest BCUT2D eigenvalue weighted by molar-refractivity contribution is 0.0860. The summed E-state index contributed by atoms with van der Waals surface area (Å²) in [6.07, 6.45) is 16.4. The SMILES string of the molecule is CCOC(=O)N1CCC(NC(=O)c2ccc3c(c2)N=C(C2CCCCC2)C2C=CC=CC2S3)CC1. The van der Waals surface area contributed by atoms with E-state index in [1.165, 1.54) is 37.8 Å². The number of hydrogen-bond donors (Lipinski definition) is 1. The molecule has 6 nitrogen and oxygen atoms in total. The van der Waals surface area contributed by atoms with Crippen molar-refractivity contribution in [3.8, 4) is 0 Å². The van der Waals surface area contributed by atoms with E-state index in [1.54, 1.807) is 4.90 Å². The van der Waals surface area contributed by atoms with Crippen LogP contribution in [0.3, 0.4) is 0 Å². The monoisotopic (exact) mass is 493 g/mol. The minimum atomic E-state index is -0.266. The summed E-state index contributed by atoms with van der Waals surface area (Å²) in [6.45, 7) is 3.39. The topological polar surface area (TPSA) is 71.0 Å². The number of allylic oxidation sites excluding steroid dienone is 3. The number of carbonyl (C=O) groups is 2. The first-order valence-corrected chi connectivity index (χ1v) is 14.0. The Hall–Kier alpha value is -2.54. The predicted molar refractivity (Wildman–Crippen MR) is 141 cm³/mol. The van der Waals surface area contributed by atoms with Crippen LogP contribution < -0.4 is 5.32 Å². The van der Waals surface area contributed by atoms with E-state index in [1.807, 2.05) is 30.8 Å². The molecule has 2 heterocycles. The Kier molecular flexibility index (Phi) is 7.61. The molecule has 2 fully saturated rings. The zero-order chi connectivity index (χ0) is 24.2. The molecule has 1 aromatic carbocycles. The van der Waals surface area contributed by atoms with E-state index < -0.39 is 0 Å². The fraction of sp³-hybridized carbons (Fsp3) is 0.536. The van der Waals surface area contributed by atoms with Crippen LogP contribution in [-0.2, 0) is 4.74 Å². The van der Waals surface area contributed by atoms with Crippen LogP contribution in [0.2, 0.25) is 0 Å². The number of fused-ring (bicyclic) bond motifs is 2. The number of thioether (sulfide) groups is 1. The molecule has 2 unspecified atom stereocenters. The first-order chi connectivity index (χ1) is 17.1. The number of amides is 2. The highest BCUT2D eigenvalue weighted by Gasteiger charge is 2.33. The lowest BCUT2D eigenvalue weighted by atomic mass is 9.79. The minimum absolute atomic E-state index is 0.0563. The number of ether oxygens (including phenoxy) is 1. The maximum Gasteiger partial charge on any atom is 0.409 e. The van der Waals surface area contributed by atoms with Crippen LogP contribution in [0.25, 0.3) is 0 Å². The van der Waals surface area contributed by atoms with Gasteiger partial charge in [0.1, 0.15) is 0 Å². The maximum absolute atomic E-state index is 13.1. The van der Waals surface area contributed by atoms with Crippen LogP contribution in [0.5, 0.6) is 0 Å². The van der Waals surface area contributed by atoms with Crippen LogP contribution in [0, 0.1) is 11.8 Å². The second kappa shape index (κ2) is 11.0. The molecule has 2 amide bonds. The second-order valence-electron chi connectivity index (χ2n) is 9.87. The Morgan fingerprint density at radius 2 is 1.86 bits per heavy atom. The van der Waals surface area contributed by atoms with Gasteiger partial charge in [0.05, 0.1) is 12.3 Å². The van der Waals surface area contributed by atoms with Crippen molar-refractivity contribution in [2.24, 2.45) is 16.8 Å². The highest BCUT2D eigenvalue weighted by atomic mass is 32.2. The van der Waals surface area contributed by atoms with E-state index in [0.29, 0.717) is 42.3 Å². The molecule has 2 aliphatic carbocycles. The highest BCUT2D eigenvalue weighted by Crippen LogP contribution is 2.44. The van der Waals surface area contributed by atoms with E-state index in [-0.39, 0.29) is 18.0 Å². The molecule has 0 bridgehead atoms. The quantitative estimate of drug-likeness (QED) is 0.566. The summed E-state index contributed by atoms with van der Waals surface area (Å²) in [7, 11) is 0. The van der Waals surface area contributed by atoms with Gasteiger partial charge in [0.15, 0.2) is 0 Å². The average Bonchev–Trinajstić information content (AvgIpc) is 3.06. The van der Waals surface area contributed by atoms with Crippen molar-refractivity contribution in [1.29, 1.82) is 0 Å². The molecule has 35 heavy (non-hydrogen) atoms. The summed E-state index contributed by atoms with van der Waals surface area (Å²) < 4.78 is 5.09. The smallest absolute Gasteiger partial charge is 0.409 e. The summed E-state index contributed by atoms with van der Waals surface area (Å²) in [4.78, 5) is 33.2. The second-order valence-corrected chi connectivity index (χ2v) is 11.1. The minimum Gasteiger partial charge on any atom is -0.450 e. The van der Waals surface area contributed by atoms with Gasteiger partial charge < -0.3 is 15.0 Å². The number of piperidine rings is 1. The van der Waals surface area contributed by atoms with Gasteiger partial charge in [0.25, 0.3) is 5.91 Å². The summed E-state index contributed by atoms with van der Waals surface area (Å²) in [5.74, 6) is 0.784. The molecule has 0 radical (unpaired) electrons. The van der Waals surface area contributed by atoms with Crippen molar-refractivity contribution in [2.45, 2.75) is 68.1 Å². The molecule has 1 N–H and O–H groups in total. The molecule has 1 saturated heterocycles.